The fourth-order valence-corrected chi connectivity index (χ4v) is 2.43. The van der Waals surface area contributed by atoms with Gasteiger partial charge >= 0.3 is 5.63 Å². The molecule has 0 aliphatic heterocycles. The van der Waals surface area contributed by atoms with Crippen LogP contribution in [0.3, 0.4) is 0 Å². The number of nitrogens with one attached hydrogen (secondary N) is 3. The van der Waals surface area contributed by atoms with Crippen molar-refractivity contribution in [1.29, 1.82) is 0 Å². The van der Waals surface area contributed by atoms with E-state index in [2.05, 4.69) is 23.1 Å². The Kier molecular flexibility index (Phi) is 6.97. The molecule has 1 heterocycles. The molecule has 0 fully saturated rings. The summed E-state index contributed by atoms with van der Waals surface area (Å²) in [7, 11) is 0. The zero-order chi connectivity index (χ0) is 19.1. The Morgan fingerprint density at radius 1 is 1.31 bits per heavy atom. The number of ether oxygens (including phenoxy) is 1. The summed E-state index contributed by atoms with van der Waals surface area (Å²) in [6.45, 7) is 6.27. The monoisotopic (exact) mass is 377 g/mol. The van der Waals surface area contributed by atoms with Gasteiger partial charge in [-0.05, 0) is 50.2 Å². The van der Waals surface area contributed by atoms with Crippen molar-refractivity contribution >= 4 is 34.2 Å². The fourth-order valence-electron chi connectivity index (χ4n) is 2.28. The third kappa shape index (κ3) is 5.45. The Hall–Kier alpha value is -2.61. The number of carbonyl (C=O) groups is 1. The lowest BCUT2D eigenvalue weighted by Crippen LogP contribution is -2.50. The van der Waals surface area contributed by atoms with Crippen molar-refractivity contribution in [3.8, 4) is 5.75 Å². The molecule has 140 valence electrons. The van der Waals surface area contributed by atoms with Gasteiger partial charge in [0.1, 0.15) is 11.3 Å². The first-order valence-corrected chi connectivity index (χ1v) is 8.86. The lowest BCUT2D eigenvalue weighted by molar-refractivity contribution is -0.127. The number of hydrazine groups is 1. The van der Waals surface area contributed by atoms with Crippen molar-refractivity contribution in [1.82, 2.24) is 16.2 Å². The van der Waals surface area contributed by atoms with Crippen LogP contribution in [0.4, 0.5) is 0 Å². The van der Waals surface area contributed by atoms with Crippen LogP contribution in [0.25, 0.3) is 11.0 Å². The van der Waals surface area contributed by atoms with E-state index in [9.17, 15) is 9.59 Å². The van der Waals surface area contributed by atoms with Gasteiger partial charge in [0.15, 0.2) is 11.2 Å². The summed E-state index contributed by atoms with van der Waals surface area (Å²) in [5, 5.41) is 4.15. The fraction of sp³-hybridized carbons (Fsp3) is 0.389. The van der Waals surface area contributed by atoms with E-state index < -0.39 is 11.7 Å². The van der Waals surface area contributed by atoms with Gasteiger partial charge in [-0.3, -0.25) is 15.6 Å². The molecule has 0 saturated carbocycles. The summed E-state index contributed by atoms with van der Waals surface area (Å²) in [6, 6.07) is 6.54. The number of unbranched alkanes of at least 4 members (excludes halogenated alkanes) is 1. The topological polar surface area (TPSA) is 92.6 Å². The minimum absolute atomic E-state index is 0.349. The minimum Gasteiger partial charge on any atom is -0.481 e. The average Bonchev–Trinajstić information content (AvgIpc) is 2.59. The van der Waals surface area contributed by atoms with Crippen LogP contribution in [0, 0.1) is 6.92 Å². The van der Waals surface area contributed by atoms with E-state index in [0.717, 1.165) is 30.3 Å². The Labute approximate surface area is 157 Å². The predicted octanol–water partition coefficient (Wildman–Crippen LogP) is 2.16. The highest BCUT2D eigenvalue weighted by atomic mass is 32.1. The second kappa shape index (κ2) is 9.19. The molecule has 1 aromatic carbocycles. The second-order valence-electron chi connectivity index (χ2n) is 5.89. The molecular weight excluding hydrogens is 354 g/mol. The maximum Gasteiger partial charge on any atom is 0.336 e. The highest BCUT2D eigenvalue weighted by Crippen LogP contribution is 2.22. The van der Waals surface area contributed by atoms with Crippen LogP contribution >= 0.6 is 12.2 Å². The van der Waals surface area contributed by atoms with Crippen molar-refractivity contribution < 1.29 is 13.9 Å². The smallest absolute Gasteiger partial charge is 0.336 e. The minimum atomic E-state index is -0.769. The van der Waals surface area contributed by atoms with E-state index in [1.807, 2.05) is 6.92 Å². The average molecular weight is 377 g/mol. The van der Waals surface area contributed by atoms with Gasteiger partial charge in [0.05, 0.1) is 0 Å². The van der Waals surface area contributed by atoms with Gasteiger partial charge in [-0.15, -0.1) is 0 Å². The molecule has 8 heteroatoms. The lowest BCUT2D eigenvalue weighted by atomic mass is 10.1. The first kappa shape index (κ1) is 19.7. The van der Waals surface area contributed by atoms with Crippen LogP contribution in [-0.2, 0) is 4.79 Å². The molecule has 2 rings (SSSR count). The summed E-state index contributed by atoms with van der Waals surface area (Å²) in [5.41, 5.74) is 5.94. The summed E-state index contributed by atoms with van der Waals surface area (Å²) in [6.07, 6.45) is 1.28. The van der Waals surface area contributed by atoms with E-state index in [1.54, 1.807) is 25.1 Å². The van der Waals surface area contributed by atoms with Gasteiger partial charge in [-0.25, -0.2) is 4.79 Å². The number of hydrogen-bond donors (Lipinski definition) is 3. The Morgan fingerprint density at radius 3 is 2.81 bits per heavy atom. The summed E-state index contributed by atoms with van der Waals surface area (Å²) in [4.78, 5) is 23.6. The van der Waals surface area contributed by atoms with Gasteiger partial charge < -0.3 is 14.5 Å². The number of fused-ring (bicyclic) bond motifs is 1. The first-order chi connectivity index (χ1) is 12.4. The van der Waals surface area contributed by atoms with Gasteiger partial charge in [0.2, 0.25) is 0 Å². The van der Waals surface area contributed by atoms with Crippen molar-refractivity contribution in [2.45, 2.75) is 39.7 Å². The molecule has 0 saturated heterocycles. The highest BCUT2D eigenvalue weighted by molar-refractivity contribution is 7.80. The molecule has 1 atom stereocenters. The van der Waals surface area contributed by atoms with Crippen molar-refractivity contribution in [3.63, 3.8) is 0 Å². The largest absolute Gasteiger partial charge is 0.481 e. The van der Waals surface area contributed by atoms with Gasteiger partial charge in [-0.1, -0.05) is 13.3 Å². The van der Waals surface area contributed by atoms with Crippen molar-refractivity contribution in [3.05, 3.63) is 40.2 Å². The quantitative estimate of drug-likeness (QED) is 0.307. The molecule has 7 nitrogen and oxygen atoms in total. The summed E-state index contributed by atoms with van der Waals surface area (Å²) >= 11 is 5.06. The van der Waals surface area contributed by atoms with Gasteiger partial charge in [0.25, 0.3) is 5.91 Å². The predicted molar refractivity (Wildman–Crippen MR) is 104 cm³/mol. The molecule has 1 amide bonds. The number of hydrogen-bond acceptors (Lipinski definition) is 5. The Bertz CT molecular complexity index is 850. The molecule has 0 aliphatic rings. The number of thiocarbonyl (C=S) groups is 1. The number of amides is 1. The van der Waals surface area contributed by atoms with E-state index in [1.165, 1.54) is 6.07 Å². The molecule has 0 bridgehead atoms. The number of benzene rings is 1. The van der Waals surface area contributed by atoms with Gasteiger partial charge in [0, 0.05) is 24.1 Å². The van der Waals surface area contributed by atoms with Crippen LogP contribution < -0.4 is 26.5 Å². The number of aryl methyl sites for hydroxylation is 1. The van der Waals surface area contributed by atoms with E-state index in [0.29, 0.717) is 16.4 Å². The van der Waals surface area contributed by atoms with Crippen LogP contribution in [-0.4, -0.2) is 23.7 Å². The normalized spacial score (nSPS) is 11.7. The standard InChI is InChI=1S/C18H23N3O4S/c1-4-5-8-19-18(26)21-20-17(23)12(3)24-13-6-7-14-11(2)9-16(22)25-15(14)10-13/h6-7,9-10,12H,4-5,8H2,1-3H3,(H,20,23)(H2,19,21,26)/t12-/m0/s1. The molecule has 1 aromatic heterocycles. The Balaban J connectivity index is 1.93. The first-order valence-electron chi connectivity index (χ1n) is 8.45. The molecule has 0 spiro atoms. The lowest BCUT2D eigenvalue weighted by Gasteiger charge is -2.16. The van der Waals surface area contributed by atoms with Gasteiger partial charge in [-0.2, -0.15) is 0 Å². The van der Waals surface area contributed by atoms with Crippen molar-refractivity contribution in [2.75, 3.05) is 6.54 Å². The Morgan fingerprint density at radius 2 is 2.08 bits per heavy atom. The molecule has 26 heavy (non-hydrogen) atoms. The third-order valence-corrected chi connectivity index (χ3v) is 3.97. The zero-order valence-corrected chi connectivity index (χ0v) is 15.9. The maximum atomic E-state index is 12.1. The molecule has 0 radical (unpaired) electrons. The molecule has 3 N–H and O–H groups in total. The molecule has 0 aliphatic carbocycles. The van der Waals surface area contributed by atoms with E-state index in [-0.39, 0.29) is 5.91 Å². The molecule has 2 aromatic rings. The number of carbonyl (C=O) groups excluding carboxylic acids is 1. The van der Waals surface area contributed by atoms with Crippen LogP contribution in [0.5, 0.6) is 5.75 Å². The second-order valence-corrected chi connectivity index (χ2v) is 6.30. The molecular formula is C18H23N3O4S. The van der Waals surface area contributed by atoms with Crippen LogP contribution in [0.2, 0.25) is 0 Å². The van der Waals surface area contributed by atoms with Crippen molar-refractivity contribution in [2.24, 2.45) is 0 Å². The SMILES string of the molecule is CCCCNC(=S)NNC(=O)[C@H](C)Oc1ccc2c(C)cc(=O)oc2c1. The third-order valence-electron chi connectivity index (χ3n) is 3.72. The summed E-state index contributed by atoms with van der Waals surface area (Å²) < 4.78 is 10.8. The van der Waals surface area contributed by atoms with E-state index >= 15 is 0 Å². The van der Waals surface area contributed by atoms with Crippen LogP contribution in [0.1, 0.15) is 32.3 Å². The highest BCUT2D eigenvalue weighted by Gasteiger charge is 2.15. The number of rotatable bonds is 6. The van der Waals surface area contributed by atoms with Crippen LogP contribution in [0.15, 0.2) is 33.5 Å². The summed E-state index contributed by atoms with van der Waals surface area (Å²) in [5.74, 6) is 0.0491. The zero-order valence-electron chi connectivity index (χ0n) is 15.0. The maximum absolute atomic E-state index is 12.1. The van der Waals surface area contributed by atoms with E-state index in [4.69, 9.17) is 21.4 Å². The molecule has 0 unspecified atom stereocenters.